The maximum atomic E-state index is 11.7. The van der Waals surface area contributed by atoms with E-state index in [0.29, 0.717) is 11.8 Å². The predicted molar refractivity (Wildman–Crippen MR) is 65.7 cm³/mol. The zero-order valence-electron chi connectivity index (χ0n) is 9.96. The molecule has 5 heteroatoms. The first kappa shape index (κ1) is 15.2. The van der Waals surface area contributed by atoms with Gasteiger partial charge in [-0.2, -0.15) is 0 Å². The van der Waals surface area contributed by atoms with Crippen LogP contribution in [0.4, 0.5) is 0 Å². The maximum absolute atomic E-state index is 11.7. The van der Waals surface area contributed by atoms with E-state index in [-0.39, 0.29) is 17.7 Å². The fourth-order valence-corrected chi connectivity index (χ4v) is 3.49. The summed E-state index contributed by atoms with van der Waals surface area (Å²) in [4.78, 5) is 0. The van der Waals surface area contributed by atoms with Crippen molar-refractivity contribution in [1.82, 2.24) is 4.72 Å². The molecule has 0 aliphatic heterocycles. The van der Waals surface area contributed by atoms with Crippen LogP contribution < -0.4 is 4.72 Å². The number of alkyl halides is 1. The van der Waals surface area contributed by atoms with Crippen molar-refractivity contribution < 1.29 is 8.42 Å². The highest BCUT2D eigenvalue weighted by atomic mass is 35.5. The van der Waals surface area contributed by atoms with Crippen LogP contribution in [0.25, 0.3) is 0 Å². The van der Waals surface area contributed by atoms with E-state index in [9.17, 15) is 8.42 Å². The minimum absolute atomic E-state index is 0.00571. The van der Waals surface area contributed by atoms with Crippen LogP contribution in [0.2, 0.25) is 0 Å². The molecule has 0 aromatic heterocycles. The van der Waals surface area contributed by atoms with Gasteiger partial charge in [0.2, 0.25) is 10.0 Å². The van der Waals surface area contributed by atoms with E-state index in [0.717, 1.165) is 6.42 Å². The van der Waals surface area contributed by atoms with Crippen molar-refractivity contribution in [3.05, 3.63) is 0 Å². The molecule has 0 aliphatic rings. The van der Waals surface area contributed by atoms with Crippen molar-refractivity contribution >= 4 is 21.6 Å². The molecule has 3 nitrogen and oxygen atoms in total. The number of halogens is 1. The fraction of sp³-hybridized carbons (Fsp3) is 1.00. The largest absolute Gasteiger partial charge is 0.212 e. The van der Waals surface area contributed by atoms with Crippen LogP contribution in [0.3, 0.4) is 0 Å². The fourth-order valence-electron chi connectivity index (χ4n) is 1.39. The first-order chi connectivity index (χ1) is 6.82. The molecular formula is C10H22ClNO2S. The molecule has 2 atom stereocenters. The van der Waals surface area contributed by atoms with E-state index >= 15 is 0 Å². The zero-order valence-corrected chi connectivity index (χ0v) is 11.5. The molecule has 0 rings (SSSR count). The molecule has 92 valence electrons. The second kappa shape index (κ2) is 6.71. The van der Waals surface area contributed by atoms with Gasteiger partial charge in [-0.15, -0.1) is 11.6 Å². The zero-order chi connectivity index (χ0) is 12.1. The third-order valence-corrected chi connectivity index (χ3v) is 4.54. The monoisotopic (exact) mass is 255 g/mol. The number of nitrogens with one attached hydrogen (secondary N) is 1. The Kier molecular flexibility index (Phi) is 6.80. The molecule has 1 N–H and O–H groups in total. The van der Waals surface area contributed by atoms with Crippen molar-refractivity contribution in [2.75, 3.05) is 11.6 Å². The SMILES string of the molecule is CCC(NS(=O)(=O)CC(C)CCl)C(C)C. The Balaban J connectivity index is 4.36. The van der Waals surface area contributed by atoms with Crippen LogP contribution in [0.15, 0.2) is 0 Å². The molecule has 0 heterocycles. The van der Waals surface area contributed by atoms with Crippen LogP contribution in [0, 0.1) is 11.8 Å². The molecule has 0 saturated heterocycles. The standard InChI is InChI=1S/C10H22ClNO2S/c1-5-10(8(2)3)12-15(13,14)7-9(4)6-11/h8-10,12H,5-7H2,1-4H3. The van der Waals surface area contributed by atoms with Crippen molar-refractivity contribution in [1.29, 1.82) is 0 Å². The second-order valence-electron chi connectivity index (χ2n) is 4.42. The van der Waals surface area contributed by atoms with Crippen LogP contribution >= 0.6 is 11.6 Å². The summed E-state index contributed by atoms with van der Waals surface area (Å²) in [5, 5.41) is 0. The molecule has 0 aromatic carbocycles. The van der Waals surface area contributed by atoms with Gasteiger partial charge in [-0.25, -0.2) is 13.1 Å². The van der Waals surface area contributed by atoms with E-state index in [1.54, 1.807) is 0 Å². The van der Waals surface area contributed by atoms with Crippen LogP contribution in [0.1, 0.15) is 34.1 Å². The number of hydrogen-bond donors (Lipinski definition) is 1. The molecule has 0 saturated carbocycles. The van der Waals surface area contributed by atoms with E-state index < -0.39 is 10.0 Å². The normalized spacial score (nSPS) is 16.7. The van der Waals surface area contributed by atoms with Crippen LogP contribution in [-0.4, -0.2) is 26.1 Å². The van der Waals surface area contributed by atoms with Gasteiger partial charge in [-0.05, 0) is 18.3 Å². The highest BCUT2D eigenvalue weighted by Gasteiger charge is 2.20. The molecular weight excluding hydrogens is 234 g/mol. The first-order valence-corrected chi connectivity index (χ1v) is 7.57. The molecule has 0 spiro atoms. The maximum Gasteiger partial charge on any atom is 0.212 e. The average molecular weight is 256 g/mol. The van der Waals surface area contributed by atoms with Gasteiger partial charge in [0.25, 0.3) is 0 Å². The Morgan fingerprint density at radius 3 is 2.13 bits per heavy atom. The minimum Gasteiger partial charge on any atom is -0.212 e. The quantitative estimate of drug-likeness (QED) is 0.709. The Morgan fingerprint density at radius 1 is 1.27 bits per heavy atom. The highest BCUT2D eigenvalue weighted by Crippen LogP contribution is 2.09. The third-order valence-electron chi connectivity index (χ3n) is 2.34. The lowest BCUT2D eigenvalue weighted by Gasteiger charge is -2.21. The van der Waals surface area contributed by atoms with Gasteiger partial charge < -0.3 is 0 Å². The van der Waals surface area contributed by atoms with Crippen molar-refractivity contribution in [3.63, 3.8) is 0 Å². The lowest BCUT2D eigenvalue weighted by molar-refractivity contribution is 0.435. The van der Waals surface area contributed by atoms with Crippen molar-refractivity contribution in [2.24, 2.45) is 11.8 Å². The Bertz CT molecular complexity index is 265. The molecule has 0 radical (unpaired) electrons. The van der Waals surface area contributed by atoms with Gasteiger partial charge in [0.15, 0.2) is 0 Å². The summed E-state index contributed by atoms with van der Waals surface area (Å²) < 4.78 is 26.1. The number of sulfonamides is 1. The Hall–Kier alpha value is 0.200. The van der Waals surface area contributed by atoms with E-state index in [2.05, 4.69) is 4.72 Å². The summed E-state index contributed by atoms with van der Waals surface area (Å²) in [7, 11) is -3.18. The first-order valence-electron chi connectivity index (χ1n) is 5.38. The smallest absolute Gasteiger partial charge is 0.212 e. The van der Waals surface area contributed by atoms with Gasteiger partial charge in [-0.3, -0.25) is 0 Å². The summed E-state index contributed by atoms with van der Waals surface area (Å²) in [6, 6.07) is 0.0255. The summed E-state index contributed by atoms with van der Waals surface area (Å²) in [5.41, 5.74) is 0. The number of rotatable bonds is 7. The van der Waals surface area contributed by atoms with Gasteiger partial charge in [0.05, 0.1) is 5.75 Å². The topological polar surface area (TPSA) is 46.2 Å². The molecule has 0 aromatic rings. The van der Waals surface area contributed by atoms with Crippen LogP contribution in [-0.2, 0) is 10.0 Å². The molecule has 2 unspecified atom stereocenters. The van der Waals surface area contributed by atoms with Crippen molar-refractivity contribution in [3.8, 4) is 0 Å². The van der Waals surface area contributed by atoms with Crippen LogP contribution in [0.5, 0.6) is 0 Å². The van der Waals surface area contributed by atoms with E-state index in [1.165, 1.54) is 0 Å². The molecule has 0 aliphatic carbocycles. The predicted octanol–water partition coefficient (Wildman–Crippen LogP) is 2.22. The van der Waals surface area contributed by atoms with E-state index in [4.69, 9.17) is 11.6 Å². The summed E-state index contributed by atoms with van der Waals surface area (Å²) in [6.45, 7) is 7.85. The minimum atomic E-state index is -3.18. The lowest BCUT2D eigenvalue weighted by Crippen LogP contribution is -2.40. The Morgan fingerprint density at radius 2 is 1.80 bits per heavy atom. The summed E-state index contributed by atoms with van der Waals surface area (Å²) >= 11 is 5.60. The van der Waals surface area contributed by atoms with Gasteiger partial charge in [0, 0.05) is 11.9 Å². The third kappa shape index (κ3) is 6.38. The molecule has 0 amide bonds. The summed E-state index contributed by atoms with van der Waals surface area (Å²) in [6.07, 6.45) is 0.812. The van der Waals surface area contributed by atoms with Gasteiger partial charge in [0.1, 0.15) is 0 Å². The summed E-state index contributed by atoms with van der Waals surface area (Å²) in [5.74, 6) is 0.795. The number of hydrogen-bond acceptors (Lipinski definition) is 2. The highest BCUT2D eigenvalue weighted by molar-refractivity contribution is 7.89. The average Bonchev–Trinajstić information content (AvgIpc) is 2.13. The second-order valence-corrected chi connectivity index (χ2v) is 6.52. The molecule has 0 fully saturated rings. The van der Waals surface area contributed by atoms with Gasteiger partial charge >= 0.3 is 0 Å². The molecule has 15 heavy (non-hydrogen) atoms. The van der Waals surface area contributed by atoms with Crippen molar-refractivity contribution in [2.45, 2.75) is 40.2 Å². The van der Waals surface area contributed by atoms with E-state index in [1.807, 2.05) is 27.7 Å². The van der Waals surface area contributed by atoms with Gasteiger partial charge in [-0.1, -0.05) is 27.7 Å². The lowest BCUT2D eigenvalue weighted by atomic mass is 10.0. The molecule has 0 bridgehead atoms. The Labute approximate surface area is 98.6 Å².